The summed E-state index contributed by atoms with van der Waals surface area (Å²) in [5.41, 5.74) is 0.899. The van der Waals surface area contributed by atoms with Crippen molar-refractivity contribution in [3.8, 4) is 0 Å². The average Bonchev–Trinajstić information content (AvgIpc) is 2.73. The number of nitrogens with one attached hydrogen (secondary N) is 1. The van der Waals surface area contributed by atoms with E-state index in [-0.39, 0.29) is 6.03 Å². The smallest absolute Gasteiger partial charge is 0.322 e. The summed E-state index contributed by atoms with van der Waals surface area (Å²) >= 11 is 0. The summed E-state index contributed by atoms with van der Waals surface area (Å²) in [5.74, 6) is 0. The second-order valence-electron chi connectivity index (χ2n) is 7.54. The lowest BCUT2D eigenvalue weighted by atomic mass is 9.99. The van der Waals surface area contributed by atoms with Gasteiger partial charge in [0.15, 0.2) is 0 Å². The Balaban J connectivity index is 1.42. The van der Waals surface area contributed by atoms with Gasteiger partial charge in [-0.1, -0.05) is 36.4 Å². The minimum absolute atomic E-state index is 0.0398. The summed E-state index contributed by atoms with van der Waals surface area (Å²) in [5, 5.41) is 5.42. The molecule has 2 saturated heterocycles. The number of amides is 2. The first-order valence-corrected chi connectivity index (χ1v) is 10.2. The first-order chi connectivity index (χ1) is 13.3. The molecule has 27 heavy (non-hydrogen) atoms. The highest BCUT2D eigenvalue weighted by atomic mass is 16.5. The van der Waals surface area contributed by atoms with Crippen molar-refractivity contribution in [2.45, 2.75) is 31.7 Å². The number of anilines is 1. The zero-order valence-electron chi connectivity index (χ0n) is 15.9. The first-order valence-electron chi connectivity index (χ1n) is 10.2. The molecule has 0 bridgehead atoms. The Morgan fingerprint density at radius 3 is 2.74 bits per heavy atom. The Morgan fingerprint density at radius 2 is 1.85 bits per heavy atom. The summed E-state index contributed by atoms with van der Waals surface area (Å²) < 4.78 is 5.44. The maximum atomic E-state index is 13.1. The highest BCUT2D eigenvalue weighted by molar-refractivity contribution is 6.01. The van der Waals surface area contributed by atoms with Gasteiger partial charge in [-0.25, -0.2) is 4.79 Å². The van der Waals surface area contributed by atoms with Gasteiger partial charge in [0.05, 0.1) is 18.9 Å². The predicted octanol–water partition coefficient (Wildman–Crippen LogP) is 3.95. The number of piperidine rings is 1. The lowest BCUT2D eigenvalue weighted by Crippen LogP contribution is -2.48. The topological polar surface area (TPSA) is 44.8 Å². The van der Waals surface area contributed by atoms with Gasteiger partial charge in [0, 0.05) is 37.6 Å². The second-order valence-corrected chi connectivity index (χ2v) is 7.54. The van der Waals surface area contributed by atoms with Crippen LogP contribution in [0.3, 0.4) is 0 Å². The first kappa shape index (κ1) is 18.3. The quantitative estimate of drug-likeness (QED) is 0.890. The molecule has 2 heterocycles. The molecule has 2 aliphatic rings. The number of urea groups is 1. The van der Waals surface area contributed by atoms with E-state index in [9.17, 15) is 4.79 Å². The fraction of sp³-hybridized carbons (Fsp3) is 0.500. The molecule has 2 aromatic carbocycles. The Morgan fingerprint density at radius 1 is 1.04 bits per heavy atom. The Bertz CT molecular complexity index is 768. The van der Waals surface area contributed by atoms with Gasteiger partial charge in [-0.3, -0.25) is 4.90 Å². The molecular formula is C22H29N3O2. The van der Waals surface area contributed by atoms with Crippen molar-refractivity contribution in [3.05, 3.63) is 42.5 Å². The number of carbonyl (C=O) groups is 1. The molecule has 2 fully saturated rings. The summed E-state index contributed by atoms with van der Waals surface area (Å²) in [7, 11) is 0. The van der Waals surface area contributed by atoms with Crippen molar-refractivity contribution < 1.29 is 9.53 Å². The molecule has 4 rings (SSSR count). The highest BCUT2D eigenvalue weighted by Crippen LogP contribution is 2.25. The van der Waals surface area contributed by atoms with Gasteiger partial charge in [0.1, 0.15) is 0 Å². The lowest BCUT2D eigenvalue weighted by molar-refractivity contribution is 0.0329. The fourth-order valence-electron chi connectivity index (χ4n) is 4.25. The molecule has 0 spiro atoms. The van der Waals surface area contributed by atoms with E-state index in [0.717, 1.165) is 75.1 Å². The van der Waals surface area contributed by atoms with E-state index in [1.165, 1.54) is 6.42 Å². The van der Waals surface area contributed by atoms with E-state index < -0.39 is 0 Å². The molecule has 2 aromatic rings. The van der Waals surface area contributed by atoms with E-state index in [1.807, 2.05) is 24.3 Å². The number of hydrogen-bond donors (Lipinski definition) is 1. The third-order valence-electron chi connectivity index (χ3n) is 5.80. The SMILES string of the molecule is O=C(Nc1cccc2ccccc12)N1CCCC[C@@H]1CCN1CCOCC1. The van der Waals surface area contributed by atoms with Crippen molar-refractivity contribution in [2.24, 2.45) is 0 Å². The van der Waals surface area contributed by atoms with Crippen LogP contribution >= 0.6 is 0 Å². The van der Waals surface area contributed by atoms with Gasteiger partial charge in [0.25, 0.3) is 0 Å². The van der Waals surface area contributed by atoms with Crippen LogP contribution in [0.2, 0.25) is 0 Å². The van der Waals surface area contributed by atoms with Crippen LogP contribution in [0.5, 0.6) is 0 Å². The van der Waals surface area contributed by atoms with Crippen molar-refractivity contribution in [2.75, 3.05) is 44.7 Å². The number of likely N-dealkylation sites (tertiary alicyclic amines) is 1. The van der Waals surface area contributed by atoms with Crippen LogP contribution in [0.1, 0.15) is 25.7 Å². The largest absolute Gasteiger partial charge is 0.379 e. The van der Waals surface area contributed by atoms with Gasteiger partial charge in [-0.2, -0.15) is 0 Å². The van der Waals surface area contributed by atoms with E-state index >= 15 is 0 Å². The third kappa shape index (κ3) is 4.42. The summed E-state index contributed by atoms with van der Waals surface area (Å²) in [6.07, 6.45) is 4.46. The fourth-order valence-corrected chi connectivity index (χ4v) is 4.25. The summed E-state index contributed by atoms with van der Waals surface area (Å²) in [6, 6.07) is 14.6. The zero-order valence-corrected chi connectivity index (χ0v) is 15.9. The molecule has 0 radical (unpaired) electrons. The molecule has 2 amide bonds. The van der Waals surface area contributed by atoms with Gasteiger partial charge in [-0.05, 0) is 37.1 Å². The second kappa shape index (κ2) is 8.72. The number of nitrogens with zero attached hydrogens (tertiary/aromatic N) is 2. The molecule has 0 aromatic heterocycles. The Hall–Kier alpha value is -2.11. The molecule has 2 aliphatic heterocycles. The van der Waals surface area contributed by atoms with E-state index in [0.29, 0.717) is 6.04 Å². The lowest BCUT2D eigenvalue weighted by Gasteiger charge is -2.37. The molecular weight excluding hydrogens is 338 g/mol. The van der Waals surface area contributed by atoms with Crippen LogP contribution in [-0.2, 0) is 4.74 Å². The number of rotatable bonds is 4. The normalized spacial score (nSPS) is 21.3. The number of hydrogen-bond acceptors (Lipinski definition) is 3. The van der Waals surface area contributed by atoms with Gasteiger partial charge in [0.2, 0.25) is 0 Å². The van der Waals surface area contributed by atoms with Gasteiger partial charge >= 0.3 is 6.03 Å². The molecule has 0 saturated carbocycles. The van der Waals surface area contributed by atoms with E-state index in [2.05, 4.69) is 33.3 Å². The number of morpholine rings is 1. The zero-order chi connectivity index (χ0) is 18.5. The predicted molar refractivity (Wildman–Crippen MR) is 109 cm³/mol. The minimum atomic E-state index is 0.0398. The molecule has 0 aliphatic carbocycles. The molecule has 5 heteroatoms. The number of fused-ring (bicyclic) bond motifs is 1. The standard InChI is InChI=1S/C22H29N3O2/c26-22(23-21-10-5-7-18-6-1-2-9-20(18)21)25-12-4-3-8-19(25)11-13-24-14-16-27-17-15-24/h1-2,5-7,9-10,19H,3-4,8,11-17H2,(H,23,26)/t19-/m1/s1. The Labute approximate surface area is 161 Å². The molecule has 0 unspecified atom stereocenters. The molecule has 1 atom stereocenters. The van der Waals surface area contributed by atoms with E-state index in [1.54, 1.807) is 0 Å². The molecule has 144 valence electrons. The van der Waals surface area contributed by atoms with Crippen LogP contribution < -0.4 is 5.32 Å². The molecule has 1 N–H and O–H groups in total. The van der Waals surface area contributed by atoms with E-state index in [4.69, 9.17) is 4.74 Å². The summed E-state index contributed by atoms with van der Waals surface area (Å²) in [4.78, 5) is 17.6. The number of carbonyl (C=O) groups excluding carboxylic acids is 1. The molecule has 5 nitrogen and oxygen atoms in total. The number of benzene rings is 2. The maximum Gasteiger partial charge on any atom is 0.322 e. The van der Waals surface area contributed by atoms with Crippen molar-refractivity contribution in [3.63, 3.8) is 0 Å². The number of ether oxygens (including phenoxy) is 1. The van der Waals surface area contributed by atoms with Crippen LogP contribution in [0.4, 0.5) is 10.5 Å². The van der Waals surface area contributed by atoms with Crippen molar-refractivity contribution >= 4 is 22.5 Å². The van der Waals surface area contributed by atoms with Gasteiger partial charge in [-0.15, -0.1) is 0 Å². The average molecular weight is 367 g/mol. The minimum Gasteiger partial charge on any atom is -0.379 e. The van der Waals surface area contributed by atoms with Crippen LogP contribution in [0.15, 0.2) is 42.5 Å². The van der Waals surface area contributed by atoms with Crippen LogP contribution in [0.25, 0.3) is 10.8 Å². The monoisotopic (exact) mass is 367 g/mol. The maximum absolute atomic E-state index is 13.1. The van der Waals surface area contributed by atoms with Crippen LogP contribution in [-0.4, -0.2) is 61.3 Å². The Kier molecular flexibility index (Phi) is 5.90. The summed E-state index contributed by atoms with van der Waals surface area (Å²) in [6.45, 7) is 5.58. The highest BCUT2D eigenvalue weighted by Gasteiger charge is 2.27. The van der Waals surface area contributed by atoms with Crippen LogP contribution in [0, 0.1) is 0 Å². The van der Waals surface area contributed by atoms with Crippen molar-refractivity contribution in [1.82, 2.24) is 9.80 Å². The van der Waals surface area contributed by atoms with Gasteiger partial charge < -0.3 is 15.0 Å². The van der Waals surface area contributed by atoms with Crippen molar-refractivity contribution in [1.29, 1.82) is 0 Å². The third-order valence-corrected chi connectivity index (χ3v) is 5.80.